The van der Waals surface area contributed by atoms with Crippen molar-refractivity contribution >= 4 is 12.4 Å². The van der Waals surface area contributed by atoms with Crippen LogP contribution in [0.5, 0.6) is 5.75 Å². The highest BCUT2D eigenvalue weighted by molar-refractivity contribution is 5.85. The minimum absolute atomic E-state index is 0. The molecular weight excluding hydrogens is 198 g/mol. The van der Waals surface area contributed by atoms with E-state index < -0.39 is 0 Å². The molecule has 14 heavy (non-hydrogen) atoms. The lowest BCUT2D eigenvalue weighted by Gasteiger charge is -2.31. The highest BCUT2D eigenvalue weighted by atomic mass is 35.5. The largest absolute Gasteiger partial charge is 0.508 e. The Balaban J connectivity index is 0.000000980. The maximum absolute atomic E-state index is 9.57. The molecule has 0 aromatic heterocycles. The van der Waals surface area contributed by atoms with Gasteiger partial charge in [-0.2, -0.15) is 0 Å². The zero-order chi connectivity index (χ0) is 9.26. The zero-order valence-electron chi connectivity index (χ0n) is 8.02. The summed E-state index contributed by atoms with van der Waals surface area (Å²) in [6.45, 7) is 0. The molecule has 0 spiro atoms. The predicted molar refractivity (Wildman–Crippen MR) is 59.6 cm³/mol. The van der Waals surface area contributed by atoms with Crippen LogP contribution in [0.4, 0.5) is 0 Å². The van der Waals surface area contributed by atoms with E-state index in [1.807, 2.05) is 18.2 Å². The fourth-order valence-electron chi connectivity index (χ4n) is 1.82. The Kier molecular flexibility index (Phi) is 3.78. The zero-order valence-corrected chi connectivity index (χ0v) is 8.83. The van der Waals surface area contributed by atoms with E-state index in [1.54, 1.807) is 6.07 Å². The number of benzene rings is 1. The van der Waals surface area contributed by atoms with Gasteiger partial charge in [0.25, 0.3) is 0 Å². The molecule has 0 saturated heterocycles. The number of aromatic hydroxyl groups is 1. The summed E-state index contributed by atoms with van der Waals surface area (Å²) in [5.74, 6) is 0.912. The van der Waals surface area contributed by atoms with Crippen molar-refractivity contribution in [2.24, 2.45) is 11.7 Å². The molecule has 0 aliphatic heterocycles. The van der Waals surface area contributed by atoms with Gasteiger partial charge in [0.2, 0.25) is 0 Å². The highest BCUT2D eigenvalue weighted by Gasteiger charge is 2.26. The van der Waals surface area contributed by atoms with Gasteiger partial charge in [0, 0.05) is 11.6 Å². The van der Waals surface area contributed by atoms with Crippen LogP contribution in [0.2, 0.25) is 0 Å². The van der Waals surface area contributed by atoms with Crippen LogP contribution in [0.25, 0.3) is 0 Å². The van der Waals surface area contributed by atoms with Gasteiger partial charge in [0.1, 0.15) is 5.75 Å². The second kappa shape index (κ2) is 4.67. The van der Waals surface area contributed by atoms with Crippen molar-refractivity contribution in [2.45, 2.75) is 25.3 Å². The third-order valence-electron chi connectivity index (χ3n) is 2.95. The average molecular weight is 214 g/mol. The van der Waals surface area contributed by atoms with E-state index in [4.69, 9.17) is 5.73 Å². The summed E-state index contributed by atoms with van der Waals surface area (Å²) in [4.78, 5) is 0. The number of nitrogens with two attached hydrogens (primary N) is 1. The lowest BCUT2D eigenvalue weighted by Crippen LogP contribution is -2.26. The van der Waals surface area contributed by atoms with Crippen molar-refractivity contribution in [1.82, 2.24) is 0 Å². The quantitative estimate of drug-likeness (QED) is 0.794. The summed E-state index contributed by atoms with van der Waals surface area (Å²) < 4.78 is 0. The van der Waals surface area contributed by atoms with E-state index >= 15 is 0 Å². The van der Waals surface area contributed by atoms with E-state index in [1.165, 1.54) is 19.3 Å². The molecule has 0 amide bonds. The average Bonchev–Trinajstić information content (AvgIpc) is 2.01. The van der Waals surface area contributed by atoms with Gasteiger partial charge < -0.3 is 10.8 Å². The molecule has 3 heteroatoms. The van der Waals surface area contributed by atoms with Crippen molar-refractivity contribution in [2.75, 3.05) is 0 Å². The van der Waals surface area contributed by atoms with Crippen molar-refractivity contribution in [1.29, 1.82) is 0 Å². The molecule has 1 fully saturated rings. The smallest absolute Gasteiger partial charge is 0.120 e. The van der Waals surface area contributed by atoms with Crippen LogP contribution in [0.1, 0.15) is 30.9 Å². The lowest BCUT2D eigenvalue weighted by atomic mass is 9.77. The Morgan fingerprint density at radius 1 is 1.29 bits per heavy atom. The van der Waals surface area contributed by atoms with E-state index in [0.29, 0.717) is 11.7 Å². The van der Waals surface area contributed by atoms with Gasteiger partial charge in [-0.1, -0.05) is 24.6 Å². The van der Waals surface area contributed by atoms with Crippen LogP contribution in [-0.2, 0) is 0 Å². The fourth-order valence-corrected chi connectivity index (χ4v) is 1.82. The summed E-state index contributed by atoms with van der Waals surface area (Å²) in [5.41, 5.74) is 6.94. The maximum Gasteiger partial charge on any atom is 0.120 e. The first-order valence-electron chi connectivity index (χ1n) is 4.82. The van der Waals surface area contributed by atoms with Crippen molar-refractivity contribution < 1.29 is 5.11 Å². The monoisotopic (exact) mass is 213 g/mol. The fraction of sp³-hybridized carbons (Fsp3) is 0.455. The van der Waals surface area contributed by atoms with Gasteiger partial charge in [-0.3, -0.25) is 0 Å². The van der Waals surface area contributed by atoms with Crippen LogP contribution in [0, 0.1) is 5.92 Å². The van der Waals surface area contributed by atoms with Gasteiger partial charge in [-0.15, -0.1) is 12.4 Å². The second-order valence-electron chi connectivity index (χ2n) is 3.78. The Hall–Kier alpha value is -0.730. The summed E-state index contributed by atoms with van der Waals surface area (Å²) in [7, 11) is 0. The highest BCUT2D eigenvalue weighted by Crippen LogP contribution is 2.38. The Morgan fingerprint density at radius 2 is 1.93 bits per heavy atom. The number of phenols is 1. The molecule has 1 aromatic rings. The molecule has 78 valence electrons. The standard InChI is InChI=1S/C11H15NO.ClH/c12-11(8-4-3-5-8)9-6-1-2-7-10(9)13;/h1-2,6-8,11,13H,3-5,12H2;1H/t11-;/m1./s1. The van der Waals surface area contributed by atoms with Crippen molar-refractivity contribution in [3.63, 3.8) is 0 Å². The topological polar surface area (TPSA) is 46.2 Å². The van der Waals surface area contributed by atoms with E-state index in [-0.39, 0.29) is 18.4 Å². The normalized spacial score (nSPS) is 18.1. The molecule has 1 saturated carbocycles. The first kappa shape index (κ1) is 11.3. The number of para-hydroxylation sites is 1. The third-order valence-corrected chi connectivity index (χ3v) is 2.95. The molecule has 2 nitrogen and oxygen atoms in total. The molecule has 1 atom stereocenters. The lowest BCUT2D eigenvalue weighted by molar-refractivity contribution is 0.260. The van der Waals surface area contributed by atoms with Crippen LogP contribution in [-0.4, -0.2) is 5.11 Å². The van der Waals surface area contributed by atoms with Crippen LogP contribution >= 0.6 is 12.4 Å². The predicted octanol–water partition coefficient (Wildman–Crippen LogP) is 2.61. The van der Waals surface area contributed by atoms with E-state index in [2.05, 4.69) is 0 Å². The SMILES string of the molecule is Cl.N[C@@H](c1ccccc1O)C1CCC1. The summed E-state index contributed by atoms with van der Waals surface area (Å²) in [6.07, 6.45) is 3.69. The van der Waals surface area contributed by atoms with Gasteiger partial charge in [0.15, 0.2) is 0 Å². The molecule has 0 unspecified atom stereocenters. The number of halogens is 1. The minimum atomic E-state index is 0. The first-order valence-corrected chi connectivity index (χ1v) is 4.82. The van der Waals surface area contributed by atoms with Crippen molar-refractivity contribution in [3.05, 3.63) is 29.8 Å². The van der Waals surface area contributed by atoms with Crippen LogP contribution in [0.3, 0.4) is 0 Å². The summed E-state index contributed by atoms with van der Waals surface area (Å²) in [6, 6.07) is 7.39. The van der Waals surface area contributed by atoms with Gasteiger partial charge >= 0.3 is 0 Å². The molecule has 1 aliphatic rings. The number of hydrogen-bond acceptors (Lipinski definition) is 2. The summed E-state index contributed by atoms with van der Waals surface area (Å²) in [5, 5.41) is 9.57. The van der Waals surface area contributed by atoms with Gasteiger partial charge in [-0.25, -0.2) is 0 Å². The molecule has 3 N–H and O–H groups in total. The molecule has 1 aliphatic carbocycles. The van der Waals surface area contributed by atoms with Gasteiger partial charge in [0.05, 0.1) is 0 Å². The molecule has 0 heterocycles. The molecule has 1 aromatic carbocycles. The number of phenolic OH excluding ortho intramolecular Hbond substituents is 1. The van der Waals surface area contributed by atoms with Crippen LogP contribution < -0.4 is 5.73 Å². The molecule has 2 rings (SSSR count). The second-order valence-corrected chi connectivity index (χ2v) is 3.78. The first-order chi connectivity index (χ1) is 6.29. The Morgan fingerprint density at radius 3 is 2.43 bits per heavy atom. The number of hydrogen-bond donors (Lipinski definition) is 2. The van der Waals surface area contributed by atoms with E-state index in [9.17, 15) is 5.11 Å². The summed E-state index contributed by atoms with van der Waals surface area (Å²) >= 11 is 0. The minimum Gasteiger partial charge on any atom is -0.508 e. The molecule has 0 bridgehead atoms. The maximum atomic E-state index is 9.57. The number of rotatable bonds is 2. The van der Waals surface area contributed by atoms with E-state index in [0.717, 1.165) is 5.56 Å². The third kappa shape index (κ3) is 2.02. The van der Waals surface area contributed by atoms with Crippen molar-refractivity contribution in [3.8, 4) is 5.75 Å². The Labute approximate surface area is 90.5 Å². The molecular formula is C11H16ClNO. The molecule has 0 radical (unpaired) electrons. The van der Waals surface area contributed by atoms with Gasteiger partial charge in [-0.05, 0) is 24.8 Å². The Bertz CT molecular complexity index is 299. The van der Waals surface area contributed by atoms with Crippen LogP contribution in [0.15, 0.2) is 24.3 Å².